The Morgan fingerprint density at radius 1 is 1.00 bits per heavy atom. The maximum Gasteiger partial charge on any atom is 0.296 e. The van der Waals surface area contributed by atoms with Crippen LogP contribution in [-0.2, 0) is 16.7 Å². The summed E-state index contributed by atoms with van der Waals surface area (Å²) < 4.78 is 33.2. The Morgan fingerprint density at radius 3 is 2.44 bits per heavy atom. The van der Waals surface area contributed by atoms with Gasteiger partial charge >= 0.3 is 0 Å². The summed E-state index contributed by atoms with van der Waals surface area (Å²) in [6.07, 6.45) is 6.89. The summed E-state index contributed by atoms with van der Waals surface area (Å²) >= 11 is 0. The third kappa shape index (κ3) is 4.82. The number of fused-ring (bicyclic) bond motifs is 1. The fourth-order valence-corrected chi connectivity index (χ4v) is 4.35. The Labute approximate surface area is 162 Å². The van der Waals surface area contributed by atoms with E-state index in [-0.39, 0.29) is 11.1 Å². The normalized spacial score (nSPS) is 16.2. The quantitative estimate of drug-likeness (QED) is 0.464. The minimum atomic E-state index is -4.27. The van der Waals surface area contributed by atoms with E-state index in [4.69, 9.17) is 0 Å². The van der Waals surface area contributed by atoms with E-state index < -0.39 is 10.1 Å². The molecule has 27 heavy (non-hydrogen) atoms. The molecule has 2 N–H and O–H groups in total. The third-order valence-electron chi connectivity index (χ3n) is 5.06. The van der Waals surface area contributed by atoms with Crippen molar-refractivity contribution in [3.05, 3.63) is 54.1 Å². The zero-order valence-corrected chi connectivity index (χ0v) is 16.6. The molecule has 1 aliphatic heterocycles. The molecule has 1 unspecified atom stereocenters. The van der Waals surface area contributed by atoms with Crippen molar-refractivity contribution >= 4 is 21.5 Å². The van der Waals surface area contributed by atoms with Crippen LogP contribution in [0, 0.1) is 0 Å². The van der Waals surface area contributed by atoms with E-state index >= 15 is 0 Å². The largest absolute Gasteiger partial charge is 0.362 e. The summed E-state index contributed by atoms with van der Waals surface area (Å²) in [5.41, 5.74) is 2.50. The molecule has 0 radical (unpaired) electrons. The first-order valence-corrected chi connectivity index (χ1v) is 11.1. The predicted molar refractivity (Wildman–Crippen MR) is 110 cm³/mol. The molecule has 0 saturated carbocycles. The molecule has 1 aliphatic rings. The molecule has 1 heterocycles. The second kappa shape index (κ2) is 8.76. The van der Waals surface area contributed by atoms with Crippen molar-refractivity contribution in [2.24, 2.45) is 0 Å². The lowest BCUT2D eigenvalue weighted by molar-refractivity contribution is 0.483. The van der Waals surface area contributed by atoms with Crippen LogP contribution in [0.3, 0.4) is 0 Å². The van der Waals surface area contributed by atoms with Gasteiger partial charge in [-0.3, -0.25) is 4.55 Å². The smallest absolute Gasteiger partial charge is 0.296 e. The number of para-hydroxylation sites is 1. The van der Waals surface area contributed by atoms with Gasteiger partial charge in [0, 0.05) is 6.54 Å². The average Bonchev–Trinajstić information content (AvgIpc) is 2.99. The summed E-state index contributed by atoms with van der Waals surface area (Å²) in [5.74, 6) is 0. The van der Waals surface area contributed by atoms with Crippen LogP contribution in [0.4, 0.5) is 11.4 Å². The Balaban J connectivity index is 1.84. The number of hydrogen-bond acceptors (Lipinski definition) is 4. The van der Waals surface area contributed by atoms with Crippen LogP contribution < -0.4 is 10.2 Å². The zero-order valence-electron chi connectivity index (χ0n) is 15.8. The third-order valence-corrected chi connectivity index (χ3v) is 5.95. The molecule has 0 spiro atoms. The number of benzene rings is 2. The molecule has 0 aromatic heterocycles. The Hall–Kier alpha value is -2.05. The second-order valence-corrected chi connectivity index (χ2v) is 8.49. The standard InChI is InChI=1S/C21H28N2O3S/c1-2-3-4-5-9-15-20-22-21-18(13-10-14-19(21)27(24,25)26)23(20)16-17-11-7-6-8-12-17/h6-8,10-14,20,22H,2-5,9,15-16H2,1H3,(H,24,25,26). The van der Waals surface area contributed by atoms with Gasteiger partial charge < -0.3 is 10.2 Å². The van der Waals surface area contributed by atoms with Gasteiger partial charge in [-0.1, -0.05) is 69.0 Å². The minimum absolute atomic E-state index is 0.0183. The van der Waals surface area contributed by atoms with Gasteiger partial charge in [0.15, 0.2) is 0 Å². The molecule has 0 aliphatic carbocycles. The lowest BCUT2D eigenvalue weighted by atomic mass is 10.1. The number of rotatable bonds is 9. The fourth-order valence-electron chi connectivity index (χ4n) is 3.68. The lowest BCUT2D eigenvalue weighted by Gasteiger charge is -2.27. The molecule has 6 heteroatoms. The number of nitrogens with one attached hydrogen (secondary N) is 1. The van der Waals surface area contributed by atoms with E-state index in [0.717, 1.165) is 18.5 Å². The summed E-state index contributed by atoms with van der Waals surface area (Å²) in [4.78, 5) is 2.16. The molecule has 5 nitrogen and oxygen atoms in total. The van der Waals surface area contributed by atoms with Crippen LogP contribution in [0.15, 0.2) is 53.4 Å². The van der Waals surface area contributed by atoms with Gasteiger partial charge in [0.25, 0.3) is 10.1 Å². The van der Waals surface area contributed by atoms with Gasteiger partial charge in [-0.25, -0.2) is 0 Å². The van der Waals surface area contributed by atoms with Crippen molar-refractivity contribution in [3.63, 3.8) is 0 Å². The van der Waals surface area contributed by atoms with Crippen LogP contribution in [0.25, 0.3) is 0 Å². The molecule has 2 aromatic carbocycles. The van der Waals surface area contributed by atoms with Crippen LogP contribution in [0.2, 0.25) is 0 Å². The van der Waals surface area contributed by atoms with Gasteiger partial charge in [-0.2, -0.15) is 8.42 Å². The van der Waals surface area contributed by atoms with Crippen molar-refractivity contribution in [1.29, 1.82) is 0 Å². The highest BCUT2D eigenvalue weighted by molar-refractivity contribution is 7.86. The summed E-state index contributed by atoms with van der Waals surface area (Å²) in [7, 11) is -4.27. The van der Waals surface area contributed by atoms with E-state index in [1.54, 1.807) is 6.07 Å². The van der Waals surface area contributed by atoms with Gasteiger partial charge in [0.05, 0.1) is 17.5 Å². The summed E-state index contributed by atoms with van der Waals surface area (Å²) in [6.45, 7) is 2.89. The van der Waals surface area contributed by atoms with Crippen molar-refractivity contribution < 1.29 is 13.0 Å². The van der Waals surface area contributed by atoms with Gasteiger partial charge in [0.2, 0.25) is 0 Å². The molecule has 146 valence electrons. The maximum absolute atomic E-state index is 11.8. The van der Waals surface area contributed by atoms with Crippen LogP contribution in [0.1, 0.15) is 51.0 Å². The van der Waals surface area contributed by atoms with E-state index in [1.165, 1.54) is 37.3 Å². The highest BCUT2D eigenvalue weighted by Crippen LogP contribution is 2.41. The Kier molecular flexibility index (Phi) is 6.39. The van der Waals surface area contributed by atoms with E-state index in [1.807, 2.05) is 24.3 Å². The van der Waals surface area contributed by atoms with Crippen LogP contribution in [-0.4, -0.2) is 19.1 Å². The predicted octanol–water partition coefficient (Wildman–Crippen LogP) is 5.05. The number of unbranched alkanes of at least 4 members (excludes halogenated alkanes) is 4. The maximum atomic E-state index is 11.8. The molecule has 0 saturated heterocycles. The molecule has 1 atom stereocenters. The highest BCUT2D eigenvalue weighted by Gasteiger charge is 2.32. The molecular formula is C21H28N2O3S. The van der Waals surface area contributed by atoms with E-state index in [2.05, 4.69) is 29.3 Å². The first kappa shape index (κ1) is 19.7. The first-order chi connectivity index (χ1) is 13.0. The van der Waals surface area contributed by atoms with E-state index in [9.17, 15) is 13.0 Å². The first-order valence-electron chi connectivity index (χ1n) is 9.68. The topological polar surface area (TPSA) is 69.6 Å². The van der Waals surface area contributed by atoms with E-state index in [0.29, 0.717) is 12.2 Å². The molecule has 0 bridgehead atoms. The van der Waals surface area contributed by atoms with Crippen LogP contribution in [0.5, 0.6) is 0 Å². The zero-order chi connectivity index (χ0) is 19.3. The Bertz CT molecular complexity index is 853. The lowest BCUT2D eigenvalue weighted by Crippen LogP contribution is -2.35. The van der Waals surface area contributed by atoms with Crippen molar-refractivity contribution in [2.45, 2.75) is 63.1 Å². The van der Waals surface area contributed by atoms with Crippen molar-refractivity contribution in [2.75, 3.05) is 10.2 Å². The molecule has 0 amide bonds. The van der Waals surface area contributed by atoms with Gasteiger partial charge in [-0.05, 0) is 30.5 Å². The molecule has 0 fully saturated rings. The number of anilines is 2. The van der Waals surface area contributed by atoms with Gasteiger partial charge in [0.1, 0.15) is 4.90 Å². The summed E-state index contributed by atoms with van der Waals surface area (Å²) in [5, 5.41) is 3.36. The Morgan fingerprint density at radius 2 is 1.74 bits per heavy atom. The summed E-state index contributed by atoms with van der Waals surface area (Å²) in [6, 6.07) is 15.2. The fraction of sp³-hybridized carbons (Fsp3) is 0.429. The van der Waals surface area contributed by atoms with Crippen LogP contribution >= 0.6 is 0 Å². The monoisotopic (exact) mass is 388 g/mol. The van der Waals surface area contributed by atoms with Crippen molar-refractivity contribution in [3.8, 4) is 0 Å². The SMILES string of the molecule is CCCCCCCC1Nc2c(cccc2S(=O)(=O)O)N1Cc1ccccc1. The molecule has 2 aromatic rings. The molecule has 3 rings (SSSR count). The minimum Gasteiger partial charge on any atom is -0.362 e. The van der Waals surface area contributed by atoms with Crippen molar-refractivity contribution in [1.82, 2.24) is 0 Å². The average molecular weight is 389 g/mol. The second-order valence-electron chi connectivity index (χ2n) is 7.10. The number of hydrogen-bond donors (Lipinski definition) is 2. The number of nitrogens with zero attached hydrogens (tertiary/aromatic N) is 1. The molecular weight excluding hydrogens is 360 g/mol. The highest BCUT2D eigenvalue weighted by atomic mass is 32.2. The van der Waals surface area contributed by atoms with Gasteiger partial charge in [-0.15, -0.1) is 0 Å².